The molecule has 0 aromatic carbocycles. The molecule has 1 unspecified atom stereocenters. The number of esters is 1. The van der Waals surface area contributed by atoms with Gasteiger partial charge in [0, 0.05) is 0 Å². The van der Waals surface area contributed by atoms with Crippen molar-refractivity contribution in [3.05, 3.63) is 12.2 Å². The minimum atomic E-state index is -1.55. The number of ether oxygens (including phenoxy) is 1. The van der Waals surface area contributed by atoms with Gasteiger partial charge in [0.25, 0.3) is 0 Å². The summed E-state index contributed by atoms with van der Waals surface area (Å²) in [5, 5.41) is 9.29. The van der Waals surface area contributed by atoms with E-state index in [-0.39, 0.29) is 0 Å². The summed E-state index contributed by atoms with van der Waals surface area (Å²) in [4.78, 5) is 10.7. The van der Waals surface area contributed by atoms with Crippen LogP contribution in [-0.2, 0) is 9.53 Å². The van der Waals surface area contributed by atoms with E-state index >= 15 is 0 Å². The lowest BCUT2D eigenvalue weighted by Gasteiger charge is -2.19. The summed E-state index contributed by atoms with van der Waals surface area (Å²) in [6.07, 6.45) is 0. The first-order chi connectivity index (χ1) is 4.42. The van der Waals surface area contributed by atoms with Crippen LogP contribution in [0.3, 0.4) is 0 Å². The summed E-state index contributed by atoms with van der Waals surface area (Å²) in [5.74, 6) is -0.681. The predicted octanol–water partition coefficient (Wildman–Crippen LogP) is 0.486. The maximum absolute atomic E-state index is 10.7. The molecule has 0 fully saturated rings. The van der Waals surface area contributed by atoms with Crippen LogP contribution in [0.25, 0.3) is 0 Å². The first kappa shape index (κ1) is 9.17. The third-order valence-electron chi connectivity index (χ3n) is 1.41. The van der Waals surface area contributed by atoms with Crippen molar-refractivity contribution in [3.63, 3.8) is 0 Å². The second kappa shape index (κ2) is 2.84. The average molecular weight is 144 g/mol. The van der Waals surface area contributed by atoms with Gasteiger partial charge in [0.05, 0.1) is 7.11 Å². The van der Waals surface area contributed by atoms with Gasteiger partial charge in [-0.3, -0.25) is 0 Å². The molecule has 0 spiro atoms. The highest BCUT2D eigenvalue weighted by Crippen LogP contribution is 2.14. The van der Waals surface area contributed by atoms with Gasteiger partial charge < -0.3 is 9.84 Å². The van der Waals surface area contributed by atoms with Gasteiger partial charge in [-0.1, -0.05) is 6.58 Å². The quantitative estimate of drug-likeness (QED) is 0.453. The third kappa shape index (κ3) is 1.57. The molecule has 3 nitrogen and oxygen atoms in total. The lowest BCUT2D eigenvalue weighted by atomic mass is 9.99. The molecule has 0 aliphatic heterocycles. The Labute approximate surface area is 60.3 Å². The van der Waals surface area contributed by atoms with E-state index in [1.807, 2.05) is 0 Å². The Morgan fingerprint density at radius 1 is 1.70 bits per heavy atom. The highest BCUT2D eigenvalue weighted by molar-refractivity contribution is 5.82. The lowest BCUT2D eigenvalue weighted by molar-refractivity contribution is -0.156. The molecular weight excluding hydrogens is 132 g/mol. The van der Waals surface area contributed by atoms with Gasteiger partial charge in [0.1, 0.15) is 0 Å². The van der Waals surface area contributed by atoms with Crippen molar-refractivity contribution < 1.29 is 14.6 Å². The largest absolute Gasteiger partial charge is 0.467 e. The topological polar surface area (TPSA) is 46.5 Å². The summed E-state index contributed by atoms with van der Waals surface area (Å²) >= 11 is 0. The van der Waals surface area contributed by atoms with E-state index in [4.69, 9.17) is 0 Å². The van der Waals surface area contributed by atoms with Gasteiger partial charge >= 0.3 is 5.97 Å². The Balaban J connectivity index is 4.40. The molecule has 58 valence electrons. The van der Waals surface area contributed by atoms with Gasteiger partial charge in [-0.25, -0.2) is 4.79 Å². The van der Waals surface area contributed by atoms with Crippen LogP contribution in [0.15, 0.2) is 12.2 Å². The molecule has 10 heavy (non-hydrogen) atoms. The molecule has 3 heteroatoms. The number of carbonyl (C=O) groups is 1. The monoisotopic (exact) mass is 144 g/mol. The molecule has 0 saturated heterocycles. The van der Waals surface area contributed by atoms with Crippen molar-refractivity contribution in [2.75, 3.05) is 7.11 Å². The van der Waals surface area contributed by atoms with Crippen molar-refractivity contribution in [2.24, 2.45) is 0 Å². The molecule has 1 atom stereocenters. The number of hydrogen-bond acceptors (Lipinski definition) is 3. The fourth-order valence-electron chi connectivity index (χ4n) is 0.373. The van der Waals surface area contributed by atoms with E-state index in [1.54, 1.807) is 6.92 Å². The van der Waals surface area contributed by atoms with Crippen LogP contribution < -0.4 is 0 Å². The smallest absolute Gasteiger partial charge is 0.341 e. The van der Waals surface area contributed by atoms with Crippen molar-refractivity contribution in [3.8, 4) is 0 Å². The number of methoxy groups -OCH3 is 1. The van der Waals surface area contributed by atoms with Gasteiger partial charge in [-0.2, -0.15) is 0 Å². The van der Waals surface area contributed by atoms with Crippen LogP contribution in [0.5, 0.6) is 0 Å². The van der Waals surface area contributed by atoms with Gasteiger partial charge in [0.2, 0.25) is 0 Å². The van der Waals surface area contributed by atoms with Gasteiger partial charge in [-0.15, -0.1) is 0 Å². The maximum Gasteiger partial charge on any atom is 0.341 e. The van der Waals surface area contributed by atoms with Crippen LogP contribution in [0.4, 0.5) is 0 Å². The summed E-state index contributed by atoms with van der Waals surface area (Å²) in [7, 11) is 1.22. The molecule has 0 radical (unpaired) electrons. The predicted molar refractivity (Wildman–Crippen MR) is 37.5 cm³/mol. The molecule has 0 aliphatic rings. The van der Waals surface area contributed by atoms with Crippen LogP contribution in [0, 0.1) is 0 Å². The van der Waals surface area contributed by atoms with Crippen molar-refractivity contribution in [2.45, 2.75) is 19.4 Å². The zero-order chi connectivity index (χ0) is 8.36. The van der Waals surface area contributed by atoms with E-state index in [0.717, 1.165) is 0 Å². The fraction of sp³-hybridized carbons (Fsp3) is 0.571. The maximum atomic E-state index is 10.7. The lowest BCUT2D eigenvalue weighted by Crippen LogP contribution is -2.36. The molecule has 0 amide bonds. The zero-order valence-corrected chi connectivity index (χ0v) is 6.47. The van der Waals surface area contributed by atoms with Crippen LogP contribution >= 0.6 is 0 Å². The van der Waals surface area contributed by atoms with Crippen molar-refractivity contribution in [1.82, 2.24) is 0 Å². The standard InChI is InChI=1S/C7H12O3/c1-5(2)7(3,9)6(8)10-4/h9H,1H2,2-4H3. The normalized spacial score (nSPS) is 15.6. The van der Waals surface area contributed by atoms with E-state index in [1.165, 1.54) is 14.0 Å². The molecule has 1 N–H and O–H groups in total. The second-order valence-corrected chi connectivity index (χ2v) is 2.34. The number of aliphatic hydroxyl groups is 1. The number of rotatable bonds is 2. The average Bonchev–Trinajstić information content (AvgIpc) is 1.86. The molecule has 0 bridgehead atoms. The Morgan fingerprint density at radius 2 is 2.10 bits per heavy atom. The van der Waals surface area contributed by atoms with E-state index in [9.17, 15) is 9.90 Å². The summed E-state index contributed by atoms with van der Waals surface area (Å²) in [6.45, 7) is 6.36. The van der Waals surface area contributed by atoms with E-state index in [0.29, 0.717) is 5.57 Å². The summed E-state index contributed by atoms with van der Waals surface area (Å²) < 4.78 is 4.33. The molecule has 0 aliphatic carbocycles. The molecular formula is C7H12O3. The van der Waals surface area contributed by atoms with E-state index in [2.05, 4.69) is 11.3 Å². The van der Waals surface area contributed by atoms with Crippen LogP contribution in [-0.4, -0.2) is 23.8 Å². The number of carbonyl (C=O) groups excluding carboxylic acids is 1. The second-order valence-electron chi connectivity index (χ2n) is 2.34. The van der Waals surface area contributed by atoms with E-state index < -0.39 is 11.6 Å². The number of hydrogen-bond donors (Lipinski definition) is 1. The molecule has 0 rings (SSSR count). The minimum Gasteiger partial charge on any atom is -0.467 e. The van der Waals surface area contributed by atoms with Crippen molar-refractivity contribution in [1.29, 1.82) is 0 Å². The first-order valence-electron chi connectivity index (χ1n) is 2.89. The van der Waals surface area contributed by atoms with Crippen LogP contribution in [0.2, 0.25) is 0 Å². The zero-order valence-electron chi connectivity index (χ0n) is 6.47. The molecule has 0 heterocycles. The Morgan fingerprint density at radius 3 is 2.20 bits per heavy atom. The van der Waals surface area contributed by atoms with Crippen molar-refractivity contribution >= 4 is 5.97 Å². The first-order valence-corrected chi connectivity index (χ1v) is 2.89. The SMILES string of the molecule is C=C(C)C(C)(O)C(=O)OC. The highest BCUT2D eigenvalue weighted by Gasteiger charge is 2.31. The Bertz CT molecular complexity index is 158. The highest BCUT2D eigenvalue weighted by atomic mass is 16.5. The van der Waals surface area contributed by atoms with Gasteiger partial charge in [0.15, 0.2) is 5.60 Å². The Hall–Kier alpha value is -0.830. The summed E-state index contributed by atoms with van der Waals surface area (Å²) in [5.41, 5.74) is -1.17. The molecule has 0 aromatic heterocycles. The third-order valence-corrected chi connectivity index (χ3v) is 1.41. The summed E-state index contributed by atoms with van der Waals surface area (Å²) in [6, 6.07) is 0. The van der Waals surface area contributed by atoms with Gasteiger partial charge in [-0.05, 0) is 19.4 Å². The Kier molecular flexibility index (Phi) is 2.60. The molecule has 0 saturated carbocycles. The van der Waals surface area contributed by atoms with Crippen LogP contribution in [0.1, 0.15) is 13.8 Å². The minimum absolute atomic E-state index is 0.374. The fourth-order valence-corrected chi connectivity index (χ4v) is 0.373. The molecule has 0 aromatic rings.